The van der Waals surface area contributed by atoms with Crippen molar-refractivity contribution in [2.24, 2.45) is 0 Å². The molecule has 1 aliphatic rings. The Morgan fingerprint density at radius 2 is 1.76 bits per heavy atom. The number of piperazine rings is 1. The van der Waals surface area contributed by atoms with Gasteiger partial charge < -0.3 is 10.1 Å². The molecule has 178 valence electrons. The fourth-order valence-corrected chi connectivity index (χ4v) is 4.65. The van der Waals surface area contributed by atoms with Gasteiger partial charge in [0, 0.05) is 37.1 Å². The van der Waals surface area contributed by atoms with Crippen LogP contribution in [-0.4, -0.2) is 66.0 Å². The van der Waals surface area contributed by atoms with Crippen molar-refractivity contribution in [3.05, 3.63) is 70.3 Å². The van der Waals surface area contributed by atoms with Gasteiger partial charge in [-0.1, -0.05) is 12.1 Å². The quantitative estimate of drug-likeness (QED) is 0.491. The second-order valence-corrected chi connectivity index (χ2v) is 8.94. The molecule has 0 radical (unpaired) electrons. The summed E-state index contributed by atoms with van der Waals surface area (Å²) in [5, 5.41) is 5.86. The second kappa shape index (κ2) is 11.3. The number of benzene rings is 2. The van der Waals surface area contributed by atoms with Crippen molar-refractivity contribution in [3.8, 4) is 11.3 Å². The Labute approximate surface area is 202 Å². The summed E-state index contributed by atoms with van der Waals surface area (Å²) < 4.78 is 18.2. The predicted octanol–water partition coefficient (Wildman–Crippen LogP) is 3.88. The molecule has 1 aromatic heterocycles. The molecule has 1 amide bonds. The standard InChI is InChI=1S/C25H27FN4O3S/c1-2-33-25(32)20-5-3-4-6-21(20)27-23(31)15-29-11-13-30(14-12-29)16-24-28-22(17-34-24)18-7-9-19(26)10-8-18/h3-10,17H,2,11-16H2,1H3,(H,27,31). The highest BCUT2D eigenvalue weighted by Gasteiger charge is 2.21. The molecule has 0 saturated carbocycles. The first-order valence-electron chi connectivity index (χ1n) is 11.2. The minimum absolute atomic E-state index is 0.158. The topological polar surface area (TPSA) is 74.8 Å². The summed E-state index contributed by atoms with van der Waals surface area (Å²) in [5.74, 6) is -0.861. The van der Waals surface area contributed by atoms with Gasteiger partial charge in [0.05, 0.1) is 36.6 Å². The van der Waals surface area contributed by atoms with E-state index in [1.54, 1.807) is 54.7 Å². The van der Waals surface area contributed by atoms with Gasteiger partial charge >= 0.3 is 5.97 Å². The molecule has 7 nitrogen and oxygen atoms in total. The molecule has 0 unspecified atom stereocenters. The van der Waals surface area contributed by atoms with E-state index in [1.807, 2.05) is 5.38 Å². The monoisotopic (exact) mass is 482 g/mol. The van der Waals surface area contributed by atoms with E-state index in [2.05, 4.69) is 15.1 Å². The molecule has 1 N–H and O–H groups in total. The summed E-state index contributed by atoms with van der Waals surface area (Å²) in [6.07, 6.45) is 0. The van der Waals surface area contributed by atoms with E-state index in [1.165, 1.54) is 12.1 Å². The van der Waals surface area contributed by atoms with Gasteiger partial charge in [0.15, 0.2) is 0 Å². The Morgan fingerprint density at radius 3 is 2.50 bits per heavy atom. The number of rotatable bonds is 8. The molecule has 0 spiro atoms. The van der Waals surface area contributed by atoms with E-state index in [0.29, 0.717) is 11.3 Å². The molecular formula is C25H27FN4O3S. The fourth-order valence-electron chi connectivity index (χ4n) is 3.81. The number of hydrogen-bond acceptors (Lipinski definition) is 7. The SMILES string of the molecule is CCOC(=O)c1ccccc1NC(=O)CN1CCN(Cc2nc(-c3ccc(F)cc3)cs2)CC1. The van der Waals surface area contributed by atoms with Gasteiger partial charge in [-0.25, -0.2) is 14.2 Å². The molecule has 1 saturated heterocycles. The maximum Gasteiger partial charge on any atom is 0.340 e. The third-order valence-corrected chi connectivity index (χ3v) is 6.41. The Hall–Kier alpha value is -3.14. The van der Waals surface area contributed by atoms with Crippen molar-refractivity contribution >= 4 is 28.9 Å². The van der Waals surface area contributed by atoms with E-state index in [-0.39, 0.29) is 24.9 Å². The maximum atomic E-state index is 13.1. The van der Waals surface area contributed by atoms with Gasteiger partial charge in [-0.2, -0.15) is 0 Å². The zero-order valence-corrected chi connectivity index (χ0v) is 19.8. The number of carbonyl (C=O) groups is 2. The minimum atomic E-state index is -0.447. The zero-order chi connectivity index (χ0) is 23.9. The lowest BCUT2D eigenvalue weighted by molar-refractivity contribution is -0.117. The molecule has 4 rings (SSSR count). The van der Waals surface area contributed by atoms with Crippen molar-refractivity contribution in [1.29, 1.82) is 0 Å². The highest BCUT2D eigenvalue weighted by molar-refractivity contribution is 7.09. The van der Waals surface area contributed by atoms with Crippen LogP contribution in [0.25, 0.3) is 11.3 Å². The average molecular weight is 483 g/mol. The van der Waals surface area contributed by atoms with Crippen LogP contribution in [0.5, 0.6) is 0 Å². The summed E-state index contributed by atoms with van der Waals surface area (Å²) >= 11 is 1.60. The molecule has 0 atom stereocenters. The first-order valence-corrected chi connectivity index (χ1v) is 12.1. The van der Waals surface area contributed by atoms with Gasteiger partial charge in [0.2, 0.25) is 5.91 Å². The molecule has 34 heavy (non-hydrogen) atoms. The second-order valence-electron chi connectivity index (χ2n) is 8.00. The van der Waals surface area contributed by atoms with E-state index in [0.717, 1.165) is 49.0 Å². The van der Waals surface area contributed by atoms with Crippen LogP contribution in [0.2, 0.25) is 0 Å². The molecule has 1 aliphatic heterocycles. The number of halogens is 1. The number of amides is 1. The largest absolute Gasteiger partial charge is 0.462 e. The van der Waals surface area contributed by atoms with Gasteiger partial charge in [0.25, 0.3) is 0 Å². The van der Waals surface area contributed by atoms with Crippen LogP contribution >= 0.6 is 11.3 Å². The van der Waals surface area contributed by atoms with Crippen LogP contribution < -0.4 is 5.32 Å². The highest BCUT2D eigenvalue weighted by Crippen LogP contribution is 2.23. The van der Waals surface area contributed by atoms with Crippen molar-refractivity contribution in [2.45, 2.75) is 13.5 Å². The minimum Gasteiger partial charge on any atom is -0.462 e. The maximum absolute atomic E-state index is 13.1. The number of esters is 1. The number of nitrogens with zero attached hydrogens (tertiary/aromatic N) is 3. The molecular weight excluding hydrogens is 455 g/mol. The van der Waals surface area contributed by atoms with Crippen LogP contribution in [0.4, 0.5) is 10.1 Å². The number of thiazole rings is 1. The predicted molar refractivity (Wildman–Crippen MR) is 130 cm³/mol. The molecule has 2 heterocycles. The fraction of sp³-hybridized carbons (Fsp3) is 0.320. The average Bonchev–Trinajstić information content (AvgIpc) is 3.30. The van der Waals surface area contributed by atoms with Crippen LogP contribution in [0, 0.1) is 5.82 Å². The summed E-state index contributed by atoms with van der Waals surface area (Å²) in [6.45, 7) is 6.23. The van der Waals surface area contributed by atoms with Gasteiger partial charge in [-0.15, -0.1) is 11.3 Å². The number of aromatic nitrogens is 1. The summed E-state index contributed by atoms with van der Waals surface area (Å²) in [4.78, 5) is 33.8. The smallest absolute Gasteiger partial charge is 0.340 e. The van der Waals surface area contributed by atoms with E-state index >= 15 is 0 Å². The first kappa shape index (κ1) is 24.0. The van der Waals surface area contributed by atoms with Crippen molar-refractivity contribution < 1.29 is 18.7 Å². The number of para-hydroxylation sites is 1. The van der Waals surface area contributed by atoms with Gasteiger partial charge in [-0.05, 0) is 43.3 Å². The number of hydrogen-bond donors (Lipinski definition) is 1. The Balaban J connectivity index is 1.25. The lowest BCUT2D eigenvalue weighted by Gasteiger charge is -2.33. The molecule has 9 heteroatoms. The summed E-state index contributed by atoms with van der Waals surface area (Å²) in [5.41, 5.74) is 2.58. The highest BCUT2D eigenvalue weighted by atomic mass is 32.1. The lowest BCUT2D eigenvalue weighted by atomic mass is 10.2. The third kappa shape index (κ3) is 6.25. The number of nitrogens with one attached hydrogen (secondary N) is 1. The Kier molecular flexibility index (Phi) is 7.99. The molecule has 0 bridgehead atoms. The summed E-state index contributed by atoms with van der Waals surface area (Å²) in [6, 6.07) is 13.2. The Bertz CT molecular complexity index is 1130. The van der Waals surface area contributed by atoms with Crippen molar-refractivity contribution in [2.75, 3.05) is 44.6 Å². The lowest BCUT2D eigenvalue weighted by Crippen LogP contribution is -2.48. The van der Waals surface area contributed by atoms with Crippen LogP contribution in [0.1, 0.15) is 22.3 Å². The normalized spacial score (nSPS) is 14.6. The van der Waals surface area contributed by atoms with E-state index in [9.17, 15) is 14.0 Å². The summed E-state index contributed by atoms with van der Waals surface area (Å²) in [7, 11) is 0. The van der Waals surface area contributed by atoms with E-state index in [4.69, 9.17) is 9.72 Å². The number of anilines is 1. The van der Waals surface area contributed by atoms with Crippen LogP contribution in [-0.2, 0) is 16.1 Å². The van der Waals surface area contributed by atoms with Crippen molar-refractivity contribution in [3.63, 3.8) is 0 Å². The molecule has 3 aromatic rings. The zero-order valence-electron chi connectivity index (χ0n) is 19.0. The Morgan fingerprint density at radius 1 is 1.06 bits per heavy atom. The van der Waals surface area contributed by atoms with Crippen molar-refractivity contribution in [1.82, 2.24) is 14.8 Å². The third-order valence-electron chi connectivity index (χ3n) is 5.58. The first-order chi connectivity index (χ1) is 16.5. The number of carbonyl (C=O) groups excluding carboxylic acids is 2. The molecule has 0 aliphatic carbocycles. The van der Waals surface area contributed by atoms with Gasteiger partial charge in [0.1, 0.15) is 10.8 Å². The van der Waals surface area contributed by atoms with E-state index < -0.39 is 5.97 Å². The number of ether oxygens (including phenoxy) is 1. The van der Waals surface area contributed by atoms with Crippen LogP contribution in [0.3, 0.4) is 0 Å². The molecule has 1 fully saturated rings. The molecule has 2 aromatic carbocycles. The van der Waals surface area contributed by atoms with Gasteiger partial charge in [-0.3, -0.25) is 14.6 Å². The van der Waals surface area contributed by atoms with Crippen LogP contribution in [0.15, 0.2) is 53.9 Å².